The molecule has 0 aliphatic heterocycles. The minimum absolute atomic E-state index is 0.168. The van der Waals surface area contributed by atoms with Crippen LogP contribution in [0, 0.1) is 0 Å². The van der Waals surface area contributed by atoms with Gasteiger partial charge in [0.25, 0.3) is 0 Å². The quantitative estimate of drug-likeness (QED) is 0.576. The van der Waals surface area contributed by atoms with Crippen LogP contribution in [0.4, 0.5) is 0 Å². The summed E-state index contributed by atoms with van der Waals surface area (Å²) in [6.45, 7) is 4.05. The van der Waals surface area contributed by atoms with Crippen molar-refractivity contribution in [3.05, 3.63) is 59.7 Å². The van der Waals surface area contributed by atoms with Crippen LogP contribution < -0.4 is 0 Å². The lowest BCUT2D eigenvalue weighted by atomic mass is 10.1. The van der Waals surface area contributed by atoms with Crippen molar-refractivity contribution in [1.82, 2.24) is 14.6 Å². The van der Waals surface area contributed by atoms with Gasteiger partial charge in [-0.2, -0.15) is 9.61 Å². The van der Waals surface area contributed by atoms with E-state index in [0.717, 1.165) is 16.0 Å². The zero-order valence-electron chi connectivity index (χ0n) is 13.5. The third-order valence-corrected chi connectivity index (χ3v) is 5.09. The van der Waals surface area contributed by atoms with Gasteiger partial charge in [0.2, 0.25) is 5.88 Å². The molecule has 0 atom stereocenters. The normalized spacial score (nSPS) is 11.5. The number of aromatic nitrogens is 3. The summed E-state index contributed by atoms with van der Waals surface area (Å²) in [6, 6.07) is 12.4. The number of benzene rings is 1. The lowest BCUT2D eigenvalue weighted by Crippen LogP contribution is -1.98. The molecule has 0 unspecified atom stereocenters. The van der Waals surface area contributed by atoms with Crippen LogP contribution in [0.15, 0.2) is 54.2 Å². The highest BCUT2D eigenvalue weighted by molar-refractivity contribution is 7.14. The molecule has 0 aliphatic rings. The molecule has 3 aromatic heterocycles. The Morgan fingerprint density at radius 1 is 1.08 bits per heavy atom. The van der Waals surface area contributed by atoms with E-state index in [2.05, 4.69) is 33.7 Å². The largest absolute Gasteiger partial charge is 0.493 e. The van der Waals surface area contributed by atoms with Gasteiger partial charge in [0.15, 0.2) is 5.65 Å². The van der Waals surface area contributed by atoms with Crippen LogP contribution in [0.5, 0.6) is 5.88 Å². The average molecular weight is 335 g/mol. The lowest BCUT2D eigenvalue weighted by Gasteiger charge is -2.08. The summed E-state index contributed by atoms with van der Waals surface area (Å²) in [5.74, 6) is 0.363. The summed E-state index contributed by atoms with van der Waals surface area (Å²) in [6.07, 6.45) is 3.51. The van der Waals surface area contributed by atoms with Gasteiger partial charge in [-0.1, -0.05) is 44.2 Å². The summed E-state index contributed by atoms with van der Waals surface area (Å²) in [5, 5.41) is 16.9. The molecule has 4 nitrogen and oxygen atoms in total. The predicted molar refractivity (Wildman–Crippen MR) is 97.5 cm³/mol. The molecule has 0 saturated heterocycles. The first-order valence-corrected chi connectivity index (χ1v) is 8.73. The van der Waals surface area contributed by atoms with Crippen molar-refractivity contribution in [2.45, 2.75) is 19.8 Å². The maximum atomic E-state index is 10.4. The lowest BCUT2D eigenvalue weighted by molar-refractivity contribution is 0.424. The molecule has 0 fully saturated rings. The highest BCUT2D eigenvalue weighted by Crippen LogP contribution is 2.35. The Hall–Kier alpha value is -2.66. The van der Waals surface area contributed by atoms with Crippen molar-refractivity contribution in [2.24, 2.45) is 0 Å². The standard InChI is InChI=1S/C19H17N3OS/c1-12(2)15-9-20-18-16(10-21-22(18)19(15)23)17-8-14(11-24-17)13-6-4-3-5-7-13/h3-12,23H,1-2H3. The molecule has 24 heavy (non-hydrogen) atoms. The molecule has 5 heteroatoms. The Balaban J connectivity index is 1.81. The van der Waals surface area contributed by atoms with E-state index in [1.54, 1.807) is 23.7 Å². The molecule has 120 valence electrons. The molecule has 1 N–H and O–H groups in total. The fraction of sp³-hybridized carbons (Fsp3) is 0.158. The van der Waals surface area contributed by atoms with Gasteiger partial charge in [-0.3, -0.25) is 0 Å². The first kappa shape index (κ1) is 14.9. The summed E-state index contributed by atoms with van der Waals surface area (Å²) < 4.78 is 1.52. The Kier molecular flexibility index (Phi) is 3.58. The first-order valence-electron chi connectivity index (χ1n) is 7.85. The second kappa shape index (κ2) is 5.76. The molecule has 0 aliphatic carbocycles. The average Bonchev–Trinajstić information content (AvgIpc) is 3.22. The van der Waals surface area contributed by atoms with Gasteiger partial charge in [-0.25, -0.2) is 4.98 Å². The monoisotopic (exact) mass is 335 g/mol. The van der Waals surface area contributed by atoms with Crippen LogP contribution >= 0.6 is 11.3 Å². The third kappa shape index (κ3) is 2.37. The summed E-state index contributed by atoms with van der Waals surface area (Å²) in [7, 11) is 0. The van der Waals surface area contributed by atoms with E-state index in [-0.39, 0.29) is 11.8 Å². The van der Waals surface area contributed by atoms with Gasteiger partial charge in [-0.05, 0) is 28.5 Å². The Morgan fingerprint density at radius 3 is 2.62 bits per heavy atom. The maximum absolute atomic E-state index is 10.4. The molecular formula is C19H17N3OS. The van der Waals surface area contributed by atoms with Crippen LogP contribution in [0.3, 0.4) is 0 Å². The van der Waals surface area contributed by atoms with Crippen LogP contribution in [0.25, 0.3) is 27.2 Å². The molecule has 0 radical (unpaired) electrons. The number of nitrogens with zero attached hydrogens (tertiary/aromatic N) is 3. The molecular weight excluding hydrogens is 318 g/mol. The van der Waals surface area contributed by atoms with Gasteiger partial charge < -0.3 is 5.11 Å². The topological polar surface area (TPSA) is 50.4 Å². The van der Waals surface area contributed by atoms with Gasteiger partial charge in [-0.15, -0.1) is 11.3 Å². The van der Waals surface area contributed by atoms with Crippen LogP contribution in [-0.2, 0) is 0 Å². The summed E-state index contributed by atoms with van der Waals surface area (Å²) >= 11 is 1.66. The highest BCUT2D eigenvalue weighted by atomic mass is 32.1. The zero-order chi connectivity index (χ0) is 16.7. The minimum Gasteiger partial charge on any atom is -0.493 e. The molecule has 4 rings (SSSR count). The third-order valence-electron chi connectivity index (χ3n) is 4.12. The highest BCUT2D eigenvalue weighted by Gasteiger charge is 2.16. The van der Waals surface area contributed by atoms with E-state index >= 15 is 0 Å². The van der Waals surface area contributed by atoms with Crippen LogP contribution in [-0.4, -0.2) is 19.7 Å². The minimum atomic E-state index is 0.168. The first-order chi connectivity index (χ1) is 11.6. The number of hydrogen-bond acceptors (Lipinski definition) is 4. The number of thiophene rings is 1. The number of aromatic hydroxyl groups is 1. The molecule has 4 aromatic rings. The van der Waals surface area contributed by atoms with Crippen molar-refractivity contribution in [3.8, 4) is 27.4 Å². The molecule has 1 aromatic carbocycles. The predicted octanol–water partition coefficient (Wildman–Crippen LogP) is 4.95. The molecule has 0 bridgehead atoms. The van der Waals surface area contributed by atoms with E-state index in [1.165, 1.54) is 15.6 Å². The van der Waals surface area contributed by atoms with Crippen molar-refractivity contribution in [2.75, 3.05) is 0 Å². The van der Waals surface area contributed by atoms with Crippen molar-refractivity contribution in [3.63, 3.8) is 0 Å². The zero-order valence-corrected chi connectivity index (χ0v) is 14.3. The van der Waals surface area contributed by atoms with Gasteiger partial charge in [0.1, 0.15) is 0 Å². The number of hydrogen-bond donors (Lipinski definition) is 1. The Labute approximate surface area is 144 Å². The fourth-order valence-electron chi connectivity index (χ4n) is 2.77. The molecule has 0 spiro atoms. The van der Waals surface area contributed by atoms with E-state index in [1.807, 2.05) is 32.0 Å². The summed E-state index contributed by atoms with van der Waals surface area (Å²) in [5.41, 5.74) is 4.78. The Bertz CT molecular complexity index is 1000. The van der Waals surface area contributed by atoms with Crippen LogP contribution in [0.1, 0.15) is 25.3 Å². The molecule has 3 heterocycles. The van der Waals surface area contributed by atoms with Crippen molar-refractivity contribution < 1.29 is 5.11 Å². The SMILES string of the molecule is CC(C)c1cnc2c(-c3cc(-c4ccccc4)cs3)cnn2c1O. The second-order valence-electron chi connectivity index (χ2n) is 6.05. The van der Waals surface area contributed by atoms with Gasteiger partial charge in [0.05, 0.1) is 11.8 Å². The maximum Gasteiger partial charge on any atom is 0.219 e. The number of fused-ring (bicyclic) bond motifs is 1. The van der Waals surface area contributed by atoms with Crippen LogP contribution in [0.2, 0.25) is 0 Å². The van der Waals surface area contributed by atoms with E-state index in [9.17, 15) is 5.11 Å². The van der Waals surface area contributed by atoms with Gasteiger partial charge in [0, 0.05) is 16.6 Å². The van der Waals surface area contributed by atoms with E-state index in [0.29, 0.717) is 5.65 Å². The number of rotatable bonds is 3. The van der Waals surface area contributed by atoms with Gasteiger partial charge >= 0.3 is 0 Å². The molecule has 0 amide bonds. The fourth-order valence-corrected chi connectivity index (χ4v) is 3.70. The smallest absolute Gasteiger partial charge is 0.219 e. The molecule has 0 saturated carbocycles. The van der Waals surface area contributed by atoms with Crippen molar-refractivity contribution >= 4 is 17.0 Å². The second-order valence-corrected chi connectivity index (χ2v) is 6.96. The van der Waals surface area contributed by atoms with E-state index in [4.69, 9.17) is 0 Å². The Morgan fingerprint density at radius 2 is 1.88 bits per heavy atom. The van der Waals surface area contributed by atoms with E-state index < -0.39 is 0 Å². The summed E-state index contributed by atoms with van der Waals surface area (Å²) in [4.78, 5) is 5.62. The van der Waals surface area contributed by atoms with Crippen molar-refractivity contribution in [1.29, 1.82) is 0 Å².